The lowest BCUT2D eigenvalue weighted by Crippen LogP contribution is -2.29. The van der Waals surface area contributed by atoms with Gasteiger partial charge in [-0.15, -0.1) is 0 Å². The van der Waals surface area contributed by atoms with Crippen molar-refractivity contribution in [3.8, 4) is 0 Å². The highest BCUT2D eigenvalue weighted by Crippen LogP contribution is 2.45. The van der Waals surface area contributed by atoms with Crippen molar-refractivity contribution in [2.75, 3.05) is 7.11 Å². The molecule has 2 aliphatic carbocycles. The molecule has 0 radical (unpaired) electrons. The first-order chi connectivity index (χ1) is 20.2. The van der Waals surface area contributed by atoms with E-state index in [1.54, 1.807) is 13.2 Å². The summed E-state index contributed by atoms with van der Waals surface area (Å²) in [7, 11) is 1.73. The molecule has 0 aromatic heterocycles. The van der Waals surface area contributed by atoms with Gasteiger partial charge in [0.1, 0.15) is 0 Å². The van der Waals surface area contributed by atoms with E-state index in [2.05, 4.69) is 110 Å². The van der Waals surface area contributed by atoms with E-state index in [1.165, 1.54) is 22.3 Å². The summed E-state index contributed by atoms with van der Waals surface area (Å²) in [5.41, 5.74) is 6.83. The van der Waals surface area contributed by atoms with Gasteiger partial charge in [0, 0.05) is 12.5 Å². The van der Waals surface area contributed by atoms with E-state index in [4.69, 9.17) is 4.74 Å². The molecule has 0 aromatic rings. The minimum Gasteiger partial charge on any atom is -0.393 e. The SMILES string of the molecule is COC1C[C@@H](C)[C@](C)(C(=O)/C=C/C(C)=C/C=C/C(C)=C/C=C/C=C(C)/C=C/C=C(C)/C=C/C2=C(C)CC(O)CC2(C)C)C1. The lowest BCUT2D eigenvalue weighted by atomic mass is 9.71. The molecule has 0 spiro atoms. The minimum absolute atomic E-state index is 0.00125. The third kappa shape index (κ3) is 11.5. The molecule has 0 aromatic carbocycles. The second kappa shape index (κ2) is 16.7. The fourth-order valence-corrected chi connectivity index (χ4v) is 6.07. The van der Waals surface area contributed by atoms with Crippen LogP contribution in [0.4, 0.5) is 0 Å². The molecule has 234 valence electrons. The van der Waals surface area contributed by atoms with E-state index < -0.39 is 0 Å². The van der Waals surface area contributed by atoms with E-state index in [1.807, 2.05) is 31.2 Å². The Morgan fingerprint density at radius 3 is 1.81 bits per heavy atom. The number of carbonyl (C=O) groups excluding carboxylic acids is 1. The first-order valence-electron chi connectivity index (χ1n) is 15.7. The Labute approximate surface area is 262 Å². The van der Waals surface area contributed by atoms with E-state index in [0.29, 0.717) is 5.92 Å². The minimum atomic E-state index is -0.343. The molecule has 0 saturated heterocycles. The van der Waals surface area contributed by atoms with Crippen LogP contribution in [0.25, 0.3) is 0 Å². The lowest BCUT2D eigenvalue weighted by Gasteiger charge is -2.35. The monoisotopic (exact) mass is 584 g/mol. The zero-order chi connectivity index (χ0) is 32.2. The molecule has 0 bridgehead atoms. The molecule has 3 heteroatoms. The fraction of sp³-hybridized carbons (Fsp3) is 0.475. The van der Waals surface area contributed by atoms with Gasteiger partial charge >= 0.3 is 0 Å². The number of aliphatic hydroxyl groups is 1. The summed E-state index contributed by atoms with van der Waals surface area (Å²) < 4.78 is 5.51. The van der Waals surface area contributed by atoms with Gasteiger partial charge < -0.3 is 9.84 Å². The number of hydrogen-bond donors (Lipinski definition) is 1. The smallest absolute Gasteiger partial charge is 0.161 e. The summed E-state index contributed by atoms with van der Waals surface area (Å²) in [5.74, 6) is 0.509. The van der Waals surface area contributed by atoms with Crippen molar-refractivity contribution < 1.29 is 14.6 Å². The van der Waals surface area contributed by atoms with E-state index in [9.17, 15) is 9.90 Å². The molecular weight excluding hydrogens is 528 g/mol. The summed E-state index contributed by atoms with van der Waals surface area (Å²) in [5, 5.41) is 10.1. The van der Waals surface area contributed by atoms with Crippen LogP contribution >= 0.6 is 0 Å². The second-order valence-electron chi connectivity index (χ2n) is 13.5. The van der Waals surface area contributed by atoms with E-state index >= 15 is 0 Å². The molecule has 2 unspecified atom stereocenters. The summed E-state index contributed by atoms with van der Waals surface area (Å²) in [6.07, 6.45) is 32.0. The predicted molar refractivity (Wildman–Crippen MR) is 185 cm³/mol. The van der Waals surface area contributed by atoms with Crippen molar-refractivity contribution >= 4 is 5.78 Å². The first kappa shape index (κ1) is 36.2. The number of aliphatic hydroxyl groups excluding tert-OH is 1. The Morgan fingerprint density at radius 2 is 1.30 bits per heavy atom. The predicted octanol–water partition coefficient (Wildman–Crippen LogP) is 10.1. The molecule has 43 heavy (non-hydrogen) atoms. The molecule has 1 saturated carbocycles. The van der Waals surface area contributed by atoms with Gasteiger partial charge in [-0.25, -0.2) is 0 Å². The molecule has 2 rings (SSSR count). The Morgan fingerprint density at radius 1 is 0.791 bits per heavy atom. The number of ketones is 1. The molecule has 2 aliphatic rings. The molecule has 0 aliphatic heterocycles. The zero-order valence-electron chi connectivity index (χ0n) is 28.4. The van der Waals surface area contributed by atoms with Crippen LogP contribution in [-0.2, 0) is 9.53 Å². The Kier molecular flexibility index (Phi) is 14.1. The normalized spacial score (nSPS) is 28.2. The molecule has 3 nitrogen and oxygen atoms in total. The molecular formula is C40H56O3. The molecule has 1 fully saturated rings. The number of rotatable bonds is 12. The summed E-state index contributed by atoms with van der Waals surface area (Å²) in [6, 6.07) is 0. The number of hydrogen-bond acceptors (Lipinski definition) is 3. The molecule has 0 heterocycles. The van der Waals surface area contributed by atoms with Gasteiger partial charge in [0.25, 0.3) is 0 Å². The highest BCUT2D eigenvalue weighted by molar-refractivity contribution is 5.95. The maximum absolute atomic E-state index is 12.9. The van der Waals surface area contributed by atoms with Crippen LogP contribution < -0.4 is 0 Å². The second-order valence-corrected chi connectivity index (χ2v) is 13.5. The van der Waals surface area contributed by atoms with Crippen LogP contribution in [0.15, 0.2) is 119 Å². The van der Waals surface area contributed by atoms with Gasteiger partial charge in [-0.1, -0.05) is 135 Å². The van der Waals surface area contributed by atoms with Crippen molar-refractivity contribution in [3.05, 3.63) is 119 Å². The van der Waals surface area contributed by atoms with Crippen molar-refractivity contribution in [1.82, 2.24) is 0 Å². The number of methoxy groups -OCH3 is 1. The number of carbonyl (C=O) groups is 1. The van der Waals surface area contributed by atoms with E-state index in [-0.39, 0.29) is 28.8 Å². The standard InChI is InChI=1S/C40H56O3/c1-29(17-13-19-31(3)21-23-37-33(5)25-35(41)27-39(37,7)8)15-11-12-16-30(2)18-14-20-32(4)22-24-38(42)40(9)28-36(43-10)26-34(40)6/h11-24,34-36,41H,25-28H2,1-10H3/b12-11+,17-13+,18-14+,23-21+,24-22+,29-15+,30-16+,31-19+,32-20+/t34-,35?,36?,40-/m1/s1. The van der Waals surface area contributed by atoms with Crippen LogP contribution in [0.3, 0.4) is 0 Å². The highest BCUT2D eigenvalue weighted by atomic mass is 16.5. The lowest BCUT2D eigenvalue weighted by molar-refractivity contribution is -0.124. The third-order valence-corrected chi connectivity index (χ3v) is 9.00. The van der Waals surface area contributed by atoms with Gasteiger partial charge in [0.15, 0.2) is 5.78 Å². The van der Waals surface area contributed by atoms with Crippen LogP contribution in [0.2, 0.25) is 0 Å². The van der Waals surface area contributed by atoms with Gasteiger partial charge in [-0.2, -0.15) is 0 Å². The zero-order valence-corrected chi connectivity index (χ0v) is 28.4. The van der Waals surface area contributed by atoms with Crippen molar-refractivity contribution in [2.24, 2.45) is 16.7 Å². The average Bonchev–Trinajstić information content (AvgIpc) is 3.23. The highest BCUT2D eigenvalue weighted by Gasteiger charge is 2.45. The maximum Gasteiger partial charge on any atom is 0.161 e. The first-order valence-corrected chi connectivity index (χ1v) is 15.7. The van der Waals surface area contributed by atoms with Gasteiger partial charge in [0.2, 0.25) is 0 Å². The average molecular weight is 585 g/mol. The van der Waals surface area contributed by atoms with Crippen LogP contribution in [0, 0.1) is 16.7 Å². The van der Waals surface area contributed by atoms with Crippen LogP contribution in [0.1, 0.15) is 88.0 Å². The van der Waals surface area contributed by atoms with Crippen molar-refractivity contribution in [3.63, 3.8) is 0 Å². The van der Waals surface area contributed by atoms with Gasteiger partial charge in [-0.3, -0.25) is 4.79 Å². The van der Waals surface area contributed by atoms with Gasteiger partial charge in [-0.05, 0) is 83.3 Å². The van der Waals surface area contributed by atoms with E-state index in [0.717, 1.165) is 36.8 Å². The largest absolute Gasteiger partial charge is 0.393 e. The number of ether oxygens (including phenoxy) is 1. The summed E-state index contributed by atoms with van der Waals surface area (Å²) in [4.78, 5) is 12.9. The molecule has 0 amide bonds. The van der Waals surface area contributed by atoms with Gasteiger partial charge in [0.05, 0.1) is 12.2 Å². The third-order valence-electron chi connectivity index (χ3n) is 9.00. The topological polar surface area (TPSA) is 46.5 Å². The van der Waals surface area contributed by atoms with Crippen LogP contribution in [-0.4, -0.2) is 30.2 Å². The van der Waals surface area contributed by atoms with Crippen molar-refractivity contribution in [2.45, 2.75) is 100 Å². The molecule has 4 atom stereocenters. The quantitative estimate of drug-likeness (QED) is 0.183. The Balaban J connectivity index is 1.87. The summed E-state index contributed by atoms with van der Waals surface area (Å²) >= 11 is 0. The van der Waals surface area contributed by atoms with Crippen molar-refractivity contribution in [1.29, 1.82) is 0 Å². The summed E-state index contributed by atoms with van der Waals surface area (Å²) in [6.45, 7) is 19.1. The molecule has 1 N–H and O–H groups in total. The Bertz CT molecular complexity index is 1280. The Hall–Kier alpha value is -3.01. The van der Waals surface area contributed by atoms with Crippen LogP contribution in [0.5, 0.6) is 0 Å². The maximum atomic E-state index is 12.9. The number of allylic oxidation sites excluding steroid dienone is 19. The fourth-order valence-electron chi connectivity index (χ4n) is 6.07.